The molecule has 0 aromatic carbocycles. The highest BCUT2D eigenvalue weighted by Gasteiger charge is 2.12. The van der Waals surface area contributed by atoms with Crippen LogP contribution in [0.25, 0.3) is 0 Å². The van der Waals surface area contributed by atoms with Crippen LogP contribution in [0.15, 0.2) is 0 Å². The third kappa shape index (κ3) is 1.68. The van der Waals surface area contributed by atoms with E-state index in [0.717, 1.165) is 32.6 Å². The van der Waals surface area contributed by atoms with Crippen molar-refractivity contribution < 1.29 is 4.79 Å². The lowest BCUT2D eigenvalue weighted by Gasteiger charge is -2.31. The number of carbonyl (C=O) groups is 1. The summed E-state index contributed by atoms with van der Waals surface area (Å²) >= 11 is 0. The third-order valence-corrected chi connectivity index (χ3v) is 1.81. The summed E-state index contributed by atoms with van der Waals surface area (Å²) in [5.41, 5.74) is 5.41. The first-order valence-corrected chi connectivity index (χ1v) is 3.48. The maximum atomic E-state index is 10.2. The molecule has 1 fully saturated rings. The second-order valence-corrected chi connectivity index (χ2v) is 2.44. The van der Waals surface area contributed by atoms with Crippen molar-refractivity contribution >= 4 is 6.41 Å². The average Bonchev–Trinajstić information content (AvgIpc) is 2.05. The van der Waals surface area contributed by atoms with Crippen LogP contribution in [0.2, 0.25) is 0 Å². The van der Waals surface area contributed by atoms with Gasteiger partial charge in [0.05, 0.1) is 0 Å². The number of carbonyl (C=O) groups excluding carboxylic acids is 1. The smallest absolute Gasteiger partial charge is 0.209 e. The molecule has 0 saturated carbocycles. The Hall–Kier alpha value is -0.610. The molecule has 1 heterocycles. The minimum absolute atomic E-state index is 0.604. The standard InChI is InChI=1S/C6H13N3O/c7-5-8-1-3-9(6-10)4-2-8/h6H,1-5,7H2. The van der Waals surface area contributed by atoms with Gasteiger partial charge in [0.2, 0.25) is 6.41 Å². The molecular weight excluding hydrogens is 130 g/mol. The molecule has 0 spiro atoms. The van der Waals surface area contributed by atoms with E-state index in [2.05, 4.69) is 4.90 Å². The van der Waals surface area contributed by atoms with Crippen LogP contribution < -0.4 is 5.73 Å². The molecule has 1 saturated heterocycles. The summed E-state index contributed by atoms with van der Waals surface area (Å²) in [4.78, 5) is 14.1. The van der Waals surface area contributed by atoms with Crippen LogP contribution in [0, 0.1) is 0 Å². The molecule has 1 rings (SSSR count). The van der Waals surface area contributed by atoms with E-state index in [1.165, 1.54) is 0 Å². The fourth-order valence-electron chi connectivity index (χ4n) is 1.05. The van der Waals surface area contributed by atoms with Gasteiger partial charge in [0, 0.05) is 32.8 Å². The van der Waals surface area contributed by atoms with E-state index in [0.29, 0.717) is 6.67 Å². The predicted octanol–water partition coefficient (Wildman–Crippen LogP) is -1.32. The first-order valence-electron chi connectivity index (χ1n) is 3.48. The number of nitrogens with two attached hydrogens (primary N) is 1. The van der Waals surface area contributed by atoms with E-state index >= 15 is 0 Å². The van der Waals surface area contributed by atoms with Crippen molar-refractivity contribution in [1.29, 1.82) is 0 Å². The Bertz CT molecular complexity index is 110. The zero-order valence-electron chi connectivity index (χ0n) is 5.99. The Labute approximate surface area is 60.6 Å². The Morgan fingerprint density at radius 2 is 1.90 bits per heavy atom. The zero-order chi connectivity index (χ0) is 7.40. The van der Waals surface area contributed by atoms with Gasteiger partial charge in [-0.15, -0.1) is 0 Å². The summed E-state index contributed by atoms with van der Waals surface area (Å²) < 4.78 is 0. The molecule has 2 N–H and O–H groups in total. The van der Waals surface area contributed by atoms with Crippen molar-refractivity contribution in [2.75, 3.05) is 32.8 Å². The highest BCUT2D eigenvalue weighted by molar-refractivity contribution is 5.47. The van der Waals surface area contributed by atoms with Crippen LogP contribution in [0.1, 0.15) is 0 Å². The van der Waals surface area contributed by atoms with Gasteiger partial charge in [0.1, 0.15) is 0 Å². The van der Waals surface area contributed by atoms with E-state index in [4.69, 9.17) is 5.73 Å². The lowest BCUT2D eigenvalue weighted by atomic mass is 10.3. The van der Waals surface area contributed by atoms with Crippen molar-refractivity contribution in [3.8, 4) is 0 Å². The van der Waals surface area contributed by atoms with Gasteiger partial charge in [0.15, 0.2) is 0 Å². The summed E-state index contributed by atoms with van der Waals surface area (Å²) in [5, 5.41) is 0. The topological polar surface area (TPSA) is 49.6 Å². The number of rotatable bonds is 2. The molecule has 58 valence electrons. The van der Waals surface area contributed by atoms with Crippen molar-refractivity contribution in [2.24, 2.45) is 5.73 Å². The molecule has 1 aliphatic heterocycles. The number of piperazine rings is 1. The van der Waals surface area contributed by atoms with E-state index in [1.807, 2.05) is 0 Å². The van der Waals surface area contributed by atoms with Crippen molar-refractivity contribution in [2.45, 2.75) is 0 Å². The van der Waals surface area contributed by atoms with Gasteiger partial charge in [-0.3, -0.25) is 9.69 Å². The maximum absolute atomic E-state index is 10.2. The van der Waals surface area contributed by atoms with Crippen LogP contribution in [0.4, 0.5) is 0 Å². The lowest BCUT2D eigenvalue weighted by Crippen LogP contribution is -2.47. The first kappa shape index (κ1) is 7.50. The summed E-state index contributed by atoms with van der Waals surface area (Å²) in [7, 11) is 0. The maximum Gasteiger partial charge on any atom is 0.209 e. The van der Waals surface area contributed by atoms with Crippen molar-refractivity contribution in [3.63, 3.8) is 0 Å². The minimum Gasteiger partial charge on any atom is -0.343 e. The highest BCUT2D eigenvalue weighted by Crippen LogP contribution is 1.95. The minimum atomic E-state index is 0.604. The normalized spacial score (nSPS) is 21.1. The van der Waals surface area contributed by atoms with Crippen LogP contribution in [-0.4, -0.2) is 49.1 Å². The Balaban J connectivity index is 2.23. The number of hydrogen-bond donors (Lipinski definition) is 1. The molecule has 0 radical (unpaired) electrons. The lowest BCUT2D eigenvalue weighted by molar-refractivity contribution is -0.119. The van der Waals surface area contributed by atoms with Crippen LogP contribution in [0.3, 0.4) is 0 Å². The molecule has 0 atom stereocenters. The van der Waals surface area contributed by atoms with Crippen LogP contribution >= 0.6 is 0 Å². The molecule has 4 nitrogen and oxygen atoms in total. The van der Waals surface area contributed by atoms with Gasteiger partial charge in [-0.1, -0.05) is 0 Å². The number of amides is 1. The summed E-state index contributed by atoms with van der Waals surface area (Å²) in [6.07, 6.45) is 0.897. The fourth-order valence-corrected chi connectivity index (χ4v) is 1.05. The quantitative estimate of drug-likeness (QED) is 0.488. The summed E-state index contributed by atoms with van der Waals surface area (Å²) in [5.74, 6) is 0. The van der Waals surface area contributed by atoms with E-state index < -0.39 is 0 Å². The second-order valence-electron chi connectivity index (χ2n) is 2.44. The Kier molecular flexibility index (Phi) is 2.65. The molecule has 0 bridgehead atoms. The molecule has 0 aliphatic carbocycles. The molecule has 0 aromatic heterocycles. The number of nitrogens with zero attached hydrogens (tertiary/aromatic N) is 2. The SMILES string of the molecule is NCN1CCN(C=O)CC1. The second kappa shape index (κ2) is 3.53. The zero-order valence-corrected chi connectivity index (χ0v) is 5.99. The van der Waals surface area contributed by atoms with Gasteiger partial charge in [-0.2, -0.15) is 0 Å². The van der Waals surface area contributed by atoms with Crippen LogP contribution in [0.5, 0.6) is 0 Å². The van der Waals surface area contributed by atoms with Crippen molar-refractivity contribution in [1.82, 2.24) is 9.80 Å². The Morgan fingerprint density at radius 1 is 1.30 bits per heavy atom. The average molecular weight is 143 g/mol. The van der Waals surface area contributed by atoms with E-state index in [1.54, 1.807) is 4.90 Å². The summed E-state index contributed by atoms with van der Waals surface area (Å²) in [6, 6.07) is 0. The molecule has 0 aromatic rings. The van der Waals surface area contributed by atoms with Gasteiger partial charge in [-0.25, -0.2) is 0 Å². The first-order chi connectivity index (χ1) is 4.86. The van der Waals surface area contributed by atoms with Gasteiger partial charge in [0.25, 0.3) is 0 Å². The molecule has 1 aliphatic rings. The molecule has 4 heteroatoms. The van der Waals surface area contributed by atoms with Gasteiger partial charge in [-0.05, 0) is 0 Å². The van der Waals surface area contributed by atoms with E-state index in [-0.39, 0.29) is 0 Å². The van der Waals surface area contributed by atoms with Gasteiger partial charge >= 0.3 is 0 Å². The highest BCUT2D eigenvalue weighted by atomic mass is 16.1. The number of hydrogen-bond acceptors (Lipinski definition) is 3. The monoisotopic (exact) mass is 143 g/mol. The largest absolute Gasteiger partial charge is 0.343 e. The van der Waals surface area contributed by atoms with Gasteiger partial charge < -0.3 is 10.6 Å². The molecule has 1 amide bonds. The third-order valence-electron chi connectivity index (χ3n) is 1.81. The summed E-state index contributed by atoms with van der Waals surface area (Å²) in [6.45, 7) is 4.07. The molecule has 0 unspecified atom stereocenters. The van der Waals surface area contributed by atoms with E-state index in [9.17, 15) is 4.79 Å². The predicted molar refractivity (Wildman–Crippen MR) is 38.3 cm³/mol. The molecular formula is C6H13N3O. The van der Waals surface area contributed by atoms with Crippen molar-refractivity contribution in [3.05, 3.63) is 0 Å². The molecule has 10 heavy (non-hydrogen) atoms. The van der Waals surface area contributed by atoms with Crippen LogP contribution in [-0.2, 0) is 4.79 Å². The fraction of sp³-hybridized carbons (Fsp3) is 0.833. The Morgan fingerprint density at radius 3 is 2.30 bits per heavy atom.